The molecule has 1 heterocycles. The molecule has 0 aliphatic carbocycles. The maximum Gasteiger partial charge on any atom is 0.146 e. The number of halogens is 1. The van der Waals surface area contributed by atoms with Gasteiger partial charge in [-0.15, -0.1) is 0 Å². The summed E-state index contributed by atoms with van der Waals surface area (Å²) in [5, 5.41) is 3.46. The number of para-hydroxylation sites is 1. The van der Waals surface area contributed by atoms with Gasteiger partial charge in [-0.2, -0.15) is 0 Å². The van der Waals surface area contributed by atoms with Crippen molar-refractivity contribution in [1.29, 1.82) is 0 Å². The number of hydrogen-bond acceptors (Lipinski definition) is 2. The minimum Gasteiger partial charge on any atom is -0.369 e. The van der Waals surface area contributed by atoms with Crippen LogP contribution in [0.3, 0.4) is 0 Å². The third kappa shape index (κ3) is 3.47. The fourth-order valence-corrected chi connectivity index (χ4v) is 2.80. The molecule has 0 saturated carbocycles. The summed E-state index contributed by atoms with van der Waals surface area (Å²) < 4.78 is 14.2. The van der Waals surface area contributed by atoms with Gasteiger partial charge in [0.2, 0.25) is 0 Å². The zero-order chi connectivity index (χ0) is 13.7. The van der Waals surface area contributed by atoms with E-state index >= 15 is 0 Å². The third-order valence-corrected chi connectivity index (χ3v) is 3.86. The van der Waals surface area contributed by atoms with Crippen LogP contribution in [0.4, 0.5) is 10.1 Å². The molecule has 106 valence electrons. The summed E-state index contributed by atoms with van der Waals surface area (Å²) in [5.74, 6) is -0.0791. The zero-order valence-corrected chi connectivity index (χ0v) is 12.1. The summed E-state index contributed by atoms with van der Waals surface area (Å²) in [6.45, 7) is 7.20. The Morgan fingerprint density at radius 1 is 1.26 bits per heavy atom. The zero-order valence-electron chi connectivity index (χ0n) is 12.1. The molecule has 2 rings (SSSR count). The van der Waals surface area contributed by atoms with Gasteiger partial charge in [-0.1, -0.05) is 19.1 Å². The van der Waals surface area contributed by atoms with Crippen LogP contribution in [-0.4, -0.2) is 19.6 Å². The number of nitrogens with zero attached hydrogens (tertiary/aromatic N) is 1. The van der Waals surface area contributed by atoms with Gasteiger partial charge in [0, 0.05) is 19.1 Å². The molecule has 1 aromatic carbocycles. The molecule has 0 radical (unpaired) electrons. The van der Waals surface area contributed by atoms with E-state index in [1.807, 2.05) is 6.07 Å². The summed E-state index contributed by atoms with van der Waals surface area (Å²) in [7, 11) is 0. The van der Waals surface area contributed by atoms with E-state index in [0.29, 0.717) is 0 Å². The maximum atomic E-state index is 14.2. The molecule has 3 heteroatoms. The van der Waals surface area contributed by atoms with Gasteiger partial charge in [-0.05, 0) is 50.8 Å². The van der Waals surface area contributed by atoms with Crippen molar-refractivity contribution in [3.8, 4) is 0 Å². The number of benzene rings is 1. The van der Waals surface area contributed by atoms with Gasteiger partial charge in [-0.25, -0.2) is 4.39 Å². The number of anilines is 1. The van der Waals surface area contributed by atoms with Gasteiger partial charge in [-0.3, -0.25) is 0 Å². The summed E-state index contributed by atoms with van der Waals surface area (Å²) >= 11 is 0. The predicted molar refractivity (Wildman–Crippen MR) is 79.2 cm³/mol. The van der Waals surface area contributed by atoms with Gasteiger partial charge in [0.15, 0.2) is 0 Å². The first-order chi connectivity index (χ1) is 9.24. The molecule has 2 nitrogen and oxygen atoms in total. The largest absolute Gasteiger partial charge is 0.369 e. The van der Waals surface area contributed by atoms with Gasteiger partial charge >= 0.3 is 0 Å². The smallest absolute Gasteiger partial charge is 0.146 e. The number of rotatable bonds is 5. The van der Waals surface area contributed by atoms with Crippen molar-refractivity contribution in [2.24, 2.45) is 0 Å². The van der Waals surface area contributed by atoms with Gasteiger partial charge in [0.05, 0.1) is 5.69 Å². The van der Waals surface area contributed by atoms with E-state index in [-0.39, 0.29) is 11.9 Å². The van der Waals surface area contributed by atoms with E-state index in [1.165, 1.54) is 19.3 Å². The first kappa shape index (κ1) is 14.3. The highest BCUT2D eigenvalue weighted by atomic mass is 19.1. The molecule has 1 N–H and O–H groups in total. The fourth-order valence-electron chi connectivity index (χ4n) is 2.80. The van der Waals surface area contributed by atoms with E-state index < -0.39 is 0 Å². The molecule has 1 aliphatic rings. The molecule has 0 amide bonds. The molecular weight excluding hydrogens is 239 g/mol. The normalized spacial score (nSPS) is 17.5. The van der Waals surface area contributed by atoms with Crippen molar-refractivity contribution in [2.45, 2.75) is 45.6 Å². The molecular formula is C16H25FN2. The van der Waals surface area contributed by atoms with Crippen molar-refractivity contribution >= 4 is 5.69 Å². The quantitative estimate of drug-likeness (QED) is 0.868. The average Bonchev–Trinajstić information content (AvgIpc) is 2.45. The Kier molecular flexibility index (Phi) is 5.20. The Hall–Kier alpha value is -1.09. The number of nitrogens with one attached hydrogen (secondary N) is 1. The standard InChI is InChI=1S/C16H25FN2/c1-3-10-18-13(2)14-8-7-9-15(17)16(14)19-11-5-4-6-12-19/h7-9,13,18H,3-6,10-12H2,1-2H3. The van der Waals surface area contributed by atoms with Crippen LogP contribution in [0.2, 0.25) is 0 Å². The van der Waals surface area contributed by atoms with Crippen molar-refractivity contribution in [3.05, 3.63) is 29.6 Å². The van der Waals surface area contributed by atoms with Crippen molar-refractivity contribution in [3.63, 3.8) is 0 Å². The van der Waals surface area contributed by atoms with Crippen LogP contribution in [0.5, 0.6) is 0 Å². The summed E-state index contributed by atoms with van der Waals surface area (Å²) in [6, 6.07) is 5.66. The molecule has 1 saturated heterocycles. The second-order valence-corrected chi connectivity index (χ2v) is 5.40. The van der Waals surface area contributed by atoms with Crippen molar-refractivity contribution < 1.29 is 4.39 Å². The highest BCUT2D eigenvalue weighted by Crippen LogP contribution is 2.31. The van der Waals surface area contributed by atoms with Gasteiger partial charge < -0.3 is 10.2 Å². The lowest BCUT2D eigenvalue weighted by Crippen LogP contribution is -2.32. The predicted octanol–water partition coefficient (Wildman–Crippen LogP) is 3.88. The number of hydrogen-bond donors (Lipinski definition) is 1. The number of piperidine rings is 1. The highest BCUT2D eigenvalue weighted by Gasteiger charge is 2.20. The lowest BCUT2D eigenvalue weighted by atomic mass is 10.0. The molecule has 1 atom stereocenters. The molecule has 1 aliphatic heterocycles. The first-order valence-corrected chi connectivity index (χ1v) is 7.50. The summed E-state index contributed by atoms with van der Waals surface area (Å²) in [4.78, 5) is 2.22. The van der Waals surface area contributed by atoms with Crippen molar-refractivity contribution in [2.75, 3.05) is 24.5 Å². The van der Waals surface area contributed by atoms with Gasteiger partial charge in [0.1, 0.15) is 5.82 Å². The molecule has 0 aromatic heterocycles. The molecule has 19 heavy (non-hydrogen) atoms. The second-order valence-electron chi connectivity index (χ2n) is 5.40. The Bertz CT molecular complexity index is 400. The highest BCUT2D eigenvalue weighted by molar-refractivity contribution is 5.56. The van der Waals surface area contributed by atoms with E-state index in [1.54, 1.807) is 6.07 Å². The Labute approximate surface area is 116 Å². The lowest BCUT2D eigenvalue weighted by molar-refractivity contribution is 0.535. The fraction of sp³-hybridized carbons (Fsp3) is 0.625. The van der Waals surface area contributed by atoms with E-state index in [2.05, 4.69) is 30.1 Å². The van der Waals surface area contributed by atoms with E-state index in [0.717, 1.165) is 37.3 Å². The first-order valence-electron chi connectivity index (χ1n) is 7.50. The Morgan fingerprint density at radius 3 is 2.68 bits per heavy atom. The SMILES string of the molecule is CCCNC(C)c1cccc(F)c1N1CCCCC1. The molecule has 1 unspecified atom stereocenters. The third-order valence-electron chi connectivity index (χ3n) is 3.86. The molecule has 0 spiro atoms. The Balaban J connectivity index is 2.24. The summed E-state index contributed by atoms with van der Waals surface area (Å²) in [5.41, 5.74) is 1.91. The van der Waals surface area contributed by atoms with Gasteiger partial charge in [0.25, 0.3) is 0 Å². The minimum absolute atomic E-state index is 0.0791. The van der Waals surface area contributed by atoms with E-state index in [9.17, 15) is 4.39 Å². The van der Waals surface area contributed by atoms with Crippen LogP contribution < -0.4 is 10.2 Å². The molecule has 0 bridgehead atoms. The molecule has 1 aromatic rings. The maximum absolute atomic E-state index is 14.2. The van der Waals surface area contributed by atoms with Crippen LogP contribution in [0.15, 0.2) is 18.2 Å². The van der Waals surface area contributed by atoms with Crippen LogP contribution >= 0.6 is 0 Å². The monoisotopic (exact) mass is 264 g/mol. The van der Waals surface area contributed by atoms with Crippen LogP contribution in [-0.2, 0) is 0 Å². The van der Waals surface area contributed by atoms with Crippen LogP contribution in [0.25, 0.3) is 0 Å². The van der Waals surface area contributed by atoms with Crippen LogP contribution in [0.1, 0.15) is 51.1 Å². The summed E-state index contributed by atoms with van der Waals surface area (Å²) in [6.07, 6.45) is 4.71. The average molecular weight is 264 g/mol. The van der Waals surface area contributed by atoms with E-state index in [4.69, 9.17) is 0 Å². The van der Waals surface area contributed by atoms with Crippen LogP contribution in [0, 0.1) is 5.82 Å². The second kappa shape index (κ2) is 6.90. The van der Waals surface area contributed by atoms with Crippen molar-refractivity contribution in [1.82, 2.24) is 5.32 Å². The molecule has 1 fully saturated rings. The lowest BCUT2D eigenvalue weighted by Gasteiger charge is -2.32. The minimum atomic E-state index is -0.0791. The Morgan fingerprint density at radius 2 is 2.00 bits per heavy atom. The topological polar surface area (TPSA) is 15.3 Å².